The van der Waals surface area contributed by atoms with Gasteiger partial charge in [0.1, 0.15) is 5.69 Å². The third-order valence-electron chi connectivity index (χ3n) is 6.81. The summed E-state index contributed by atoms with van der Waals surface area (Å²) in [6.07, 6.45) is 0. The molecular weight excluding hydrogens is 472 g/mol. The monoisotopic (exact) mass is 502 g/mol. The van der Waals surface area contributed by atoms with Gasteiger partial charge in [-0.05, 0) is 103 Å². The average molecular weight is 503 g/mol. The van der Waals surface area contributed by atoms with Gasteiger partial charge in [-0.25, -0.2) is 4.98 Å². The van der Waals surface area contributed by atoms with Crippen molar-refractivity contribution in [1.82, 2.24) is 9.97 Å². The summed E-state index contributed by atoms with van der Waals surface area (Å²) in [6.45, 7) is 8.42. The molecule has 0 saturated heterocycles. The molecule has 0 radical (unpaired) electrons. The number of aromatic nitrogens is 2. The molecule has 2 heteroatoms. The van der Waals surface area contributed by atoms with Crippen LogP contribution in [0, 0.1) is 24.2 Å². The quantitative estimate of drug-likeness (QED) is 0.225. The van der Waals surface area contributed by atoms with Crippen molar-refractivity contribution in [1.29, 1.82) is 0 Å². The molecule has 0 N–H and O–H groups in total. The predicted molar refractivity (Wildman–Crippen MR) is 164 cm³/mol. The molecule has 6 rings (SSSR count). The molecule has 0 aliphatic carbocycles. The first-order valence-corrected chi connectivity index (χ1v) is 13.3. The summed E-state index contributed by atoms with van der Waals surface area (Å²) < 4.78 is 0. The summed E-state index contributed by atoms with van der Waals surface area (Å²) in [7, 11) is 0. The lowest BCUT2D eigenvalue weighted by Gasteiger charge is -2.13. The van der Waals surface area contributed by atoms with Crippen LogP contribution in [-0.4, -0.2) is 9.97 Å². The van der Waals surface area contributed by atoms with Crippen LogP contribution < -0.4 is 0 Å². The van der Waals surface area contributed by atoms with Crippen LogP contribution in [0.4, 0.5) is 0 Å². The Labute approximate surface area is 230 Å². The maximum atomic E-state index is 4.93. The zero-order valence-corrected chi connectivity index (χ0v) is 22.8. The van der Waals surface area contributed by atoms with Crippen LogP contribution in [0.3, 0.4) is 0 Å². The van der Waals surface area contributed by atoms with Crippen molar-refractivity contribution in [2.75, 3.05) is 0 Å². The molecule has 4 aromatic carbocycles. The highest BCUT2D eigenvalue weighted by Crippen LogP contribution is 2.35. The molecule has 188 valence electrons. The summed E-state index contributed by atoms with van der Waals surface area (Å²) in [4.78, 5) is 9.75. The van der Waals surface area contributed by atoms with Crippen LogP contribution in [0.15, 0.2) is 109 Å². The molecule has 2 heterocycles. The van der Waals surface area contributed by atoms with E-state index < -0.39 is 0 Å². The van der Waals surface area contributed by atoms with Gasteiger partial charge in [0.05, 0.1) is 11.0 Å². The van der Waals surface area contributed by atoms with Crippen molar-refractivity contribution in [3.63, 3.8) is 0 Å². The standard InChI is InChI=1S/C37H30N2/c1-25-21-31(26-11-7-5-8-12-26)33-22-28(15-17-35(33)38-25)29-16-18-36-34(23-29)32(27-13-9-6-10-14-27)24-30(39-36)19-20-37(2,3)4/h5-18,21-24H,1-4H3. The van der Waals surface area contributed by atoms with E-state index >= 15 is 0 Å². The minimum Gasteiger partial charge on any atom is -0.253 e. The van der Waals surface area contributed by atoms with E-state index in [4.69, 9.17) is 9.97 Å². The topological polar surface area (TPSA) is 25.8 Å². The number of rotatable bonds is 3. The average Bonchev–Trinajstić information content (AvgIpc) is 2.95. The van der Waals surface area contributed by atoms with Crippen LogP contribution in [-0.2, 0) is 0 Å². The van der Waals surface area contributed by atoms with Crippen LogP contribution >= 0.6 is 0 Å². The first-order chi connectivity index (χ1) is 18.8. The summed E-state index contributed by atoms with van der Waals surface area (Å²) in [6, 6.07) is 38.5. The van der Waals surface area contributed by atoms with E-state index in [0.717, 1.165) is 55.4 Å². The SMILES string of the molecule is Cc1cc(-c2ccccc2)c2cc(-c3ccc4nc(C#CC(C)(C)C)cc(-c5ccccc5)c4c3)ccc2n1. The van der Waals surface area contributed by atoms with E-state index in [1.807, 2.05) is 6.07 Å². The Morgan fingerprint density at radius 3 is 1.59 bits per heavy atom. The Balaban J connectivity index is 1.54. The van der Waals surface area contributed by atoms with E-state index in [-0.39, 0.29) is 5.41 Å². The van der Waals surface area contributed by atoms with Gasteiger partial charge in [0, 0.05) is 21.9 Å². The molecule has 0 fully saturated rings. The van der Waals surface area contributed by atoms with E-state index in [9.17, 15) is 0 Å². The van der Waals surface area contributed by atoms with Crippen molar-refractivity contribution in [3.8, 4) is 45.2 Å². The molecule has 0 atom stereocenters. The van der Waals surface area contributed by atoms with Crippen LogP contribution in [0.25, 0.3) is 55.2 Å². The maximum absolute atomic E-state index is 4.93. The second-order valence-corrected chi connectivity index (χ2v) is 11.1. The maximum Gasteiger partial charge on any atom is 0.114 e. The fourth-order valence-electron chi connectivity index (χ4n) is 4.97. The van der Waals surface area contributed by atoms with E-state index in [2.05, 4.69) is 143 Å². The Morgan fingerprint density at radius 2 is 1.05 bits per heavy atom. The molecule has 0 bridgehead atoms. The minimum absolute atomic E-state index is 0.0878. The smallest absolute Gasteiger partial charge is 0.114 e. The van der Waals surface area contributed by atoms with Gasteiger partial charge in [0.15, 0.2) is 0 Å². The highest BCUT2D eigenvalue weighted by Gasteiger charge is 2.12. The molecule has 39 heavy (non-hydrogen) atoms. The Morgan fingerprint density at radius 1 is 0.538 bits per heavy atom. The fraction of sp³-hybridized carbons (Fsp3) is 0.135. The van der Waals surface area contributed by atoms with Gasteiger partial charge in [-0.3, -0.25) is 4.98 Å². The number of fused-ring (bicyclic) bond motifs is 2. The lowest BCUT2D eigenvalue weighted by Crippen LogP contribution is -2.00. The van der Waals surface area contributed by atoms with Gasteiger partial charge >= 0.3 is 0 Å². The molecule has 0 amide bonds. The van der Waals surface area contributed by atoms with Crippen molar-refractivity contribution in [3.05, 3.63) is 121 Å². The third kappa shape index (κ3) is 5.17. The van der Waals surface area contributed by atoms with Gasteiger partial charge in [0.25, 0.3) is 0 Å². The highest BCUT2D eigenvalue weighted by atomic mass is 14.7. The molecule has 0 spiro atoms. The predicted octanol–water partition coefficient (Wildman–Crippen LogP) is 9.49. The van der Waals surface area contributed by atoms with Crippen LogP contribution in [0.2, 0.25) is 0 Å². The zero-order valence-electron chi connectivity index (χ0n) is 22.8. The lowest BCUT2D eigenvalue weighted by atomic mass is 9.94. The normalized spacial score (nSPS) is 11.4. The number of benzene rings is 4. The Kier molecular flexibility index (Phi) is 6.21. The van der Waals surface area contributed by atoms with E-state index in [1.54, 1.807) is 0 Å². The molecule has 0 unspecified atom stereocenters. The van der Waals surface area contributed by atoms with Crippen LogP contribution in [0.1, 0.15) is 32.2 Å². The molecule has 0 aliphatic rings. The molecule has 0 saturated carbocycles. The highest BCUT2D eigenvalue weighted by molar-refractivity contribution is 6.00. The molecule has 6 aromatic rings. The van der Waals surface area contributed by atoms with Gasteiger partial charge in [-0.2, -0.15) is 0 Å². The lowest BCUT2D eigenvalue weighted by molar-refractivity contribution is 0.571. The van der Waals surface area contributed by atoms with Gasteiger partial charge in [-0.1, -0.05) is 78.7 Å². The van der Waals surface area contributed by atoms with Crippen molar-refractivity contribution < 1.29 is 0 Å². The number of hydrogen-bond acceptors (Lipinski definition) is 2. The van der Waals surface area contributed by atoms with Gasteiger partial charge < -0.3 is 0 Å². The van der Waals surface area contributed by atoms with Crippen LogP contribution in [0.5, 0.6) is 0 Å². The Hall–Kier alpha value is -4.74. The molecule has 0 aliphatic heterocycles. The fourth-order valence-corrected chi connectivity index (χ4v) is 4.97. The Bertz CT molecular complexity index is 1880. The number of aryl methyl sites for hydroxylation is 1. The number of pyridine rings is 2. The molecule has 2 aromatic heterocycles. The summed E-state index contributed by atoms with van der Waals surface area (Å²) in [5, 5.41) is 2.27. The van der Waals surface area contributed by atoms with Crippen molar-refractivity contribution in [2.45, 2.75) is 27.7 Å². The van der Waals surface area contributed by atoms with Crippen molar-refractivity contribution in [2.24, 2.45) is 5.41 Å². The minimum atomic E-state index is -0.0878. The molecular formula is C37H30N2. The molecule has 2 nitrogen and oxygen atoms in total. The first kappa shape index (κ1) is 24.6. The third-order valence-corrected chi connectivity index (χ3v) is 6.81. The van der Waals surface area contributed by atoms with E-state index in [1.165, 1.54) is 11.1 Å². The largest absolute Gasteiger partial charge is 0.253 e. The second-order valence-electron chi connectivity index (χ2n) is 11.1. The summed E-state index contributed by atoms with van der Waals surface area (Å²) in [5.41, 5.74) is 10.7. The van der Waals surface area contributed by atoms with Crippen molar-refractivity contribution >= 4 is 21.8 Å². The zero-order chi connectivity index (χ0) is 27.0. The number of nitrogens with zero attached hydrogens (tertiary/aromatic N) is 2. The second kappa shape index (κ2) is 9.86. The summed E-state index contributed by atoms with van der Waals surface area (Å²) in [5.74, 6) is 6.65. The number of hydrogen-bond donors (Lipinski definition) is 0. The summed E-state index contributed by atoms with van der Waals surface area (Å²) >= 11 is 0. The first-order valence-electron chi connectivity index (χ1n) is 13.3. The van der Waals surface area contributed by atoms with Gasteiger partial charge in [-0.15, -0.1) is 0 Å². The van der Waals surface area contributed by atoms with Gasteiger partial charge in [0.2, 0.25) is 0 Å². The van der Waals surface area contributed by atoms with E-state index in [0.29, 0.717) is 0 Å².